The quantitative estimate of drug-likeness (QED) is 0.676. The standard InChI is InChI=1S/C19H16ClF2N3O3/c1-9(2)16(24-19(27)28)17-23-14-5-3-4-13(20)15(14)18(26)25(17)12-7-10(21)6-11(22)8-12/h3-9,16,24H,1-2H3,(H,27,28). The van der Waals surface area contributed by atoms with Gasteiger partial charge in [-0.3, -0.25) is 9.36 Å². The van der Waals surface area contributed by atoms with E-state index >= 15 is 0 Å². The molecule has 28 heavy (non-hydrogen) atoms. The molecule has 3 aromatic rings. The number of amides is 1. The van der Waals surface area contributed by atoms with Gasteiger partial charge in [0.1, 0.15) is 17.5 Å². The molecule has 146 valence electrons. The Morgan fingerprint density at radius 2 is 1.86 bits per heavy atom. The van der Waals surface area contributed by atoms with Crippen LogP contribution < -0.4 is 10.9 Å². The molecule has 2 aromatic carbocycles. The van der Waals surface area contributed by atoms with Crippen LogP contribution in [0.2, 0.25) is 5.02 Å². The van der Waals surface area contributed by atoms with Gasteiger partial charge < -0.3 is 10.4 Å². The first-order chi connectivity index (χ1) is 13.2. The van der Waals surface area contributed by atoms with Crippen LogP contribution in [0.15, 0.2) is 41.2 Å². The highest BCUT2D eigenvalue weighted by atomic mass is 35.5. The van der Waals surface area contributed by atoms with E-state index in [-0.39, 0.29) is 33.4 Å². The van der Waals surface area contributed by atoms with Crippen molar-refractivity contribution in [3.8, 4) is 5.69 Å². The summed E-state index contributed by atoms with van der Waals surface area (Å²) < 4.78 is 28.6. The van der Waals surface area contributed by atoms with Crippen molar-refractivity contribution >= 4 is 28.6 Å². The summed E-state index contributed by atoms with van der Waals surface area (Å²) in [6, 6.07) is 6.35. The number of benzene rings is 2. The van der Waals surface area contributed by atoms with Crippen LogP contribution in [0, 0.1) is 17.6 Å². The van der Waals surface area contributed by atoms with E-state index in [1.54, 1.807) is 26.0 Å². The van der Waals surface area contributed by atoms with Gasteiger partial charge >= 0.3 is 6.09 Å². The fraction of sp³-hybridized carbons (Fsp3) is 0.211. The van der Waals surface area contributed by atoms with Gasteiger partial charge in [-0.25, -0.2) is 18.6 Å². The Balaban J connectivity index is 2.44. The van der Waals surface area contributed by atoms with Crippen molar-refractivity contribution in [2.24, 2.45) is 5.92 Å². The smallest absolute Gasteiger partial charge is 0.405 e. The van der Waals surface area contributed by atoms with E-state index in [1.807, 2.05) is 0 Å². The number of aromatic nitrogens is 2. The highest BCUT2D eigenvalue weighted by molar-refractivity contribution is 6.35. The summed E-state index contributed by atoms with van der Waals surface area (Å²) in [7, 11) is 0. The average Bonchev–Trinajstić information content (AvgIpc) is 2.58. The first-order valence-electron chi connectivity index (χ1n) is 8.36. The summed E-state index contributed by atoms with van der Waals surface area (Å²) in [5.41, 5.74) is -0.531. The largest absolute Gasteiger partial charge is 0.465 e. The van der Waals surface area contributed by atoms with Crippen LogP contribution in [0.25, 0.3) is 16.6 Å². The van der Waals surface area contributed by atoms with Crippen molar-refractivity contribution in [3.05, 3.63) is 69.2 Å². The van der Waals surface area contributed by atoms with E-state index in [1.165, 1.54) is 6.07 Å². The molecule has 1 atom stereocenters. The van der Waals surface area contributed by atoms with Crippen molar-refractivity contribution < 1.29 is 18.7 Å². The summed E-state index contributed by atoms with van der Waals surface area (Å²) in [5, 5.41) is 11.7. The molecule has 0 fully saturated rings. The molecule has 0 saturated heterocycles. The number of fused-ring (bicyclic) bond motifs is 1. The fourth-order valence-electron chi connectivity index (χ4n) is 3.00. The molecule has 2 N–H and O–H groups in total. The second kappa shape index (κ2) is 7.55. The lowest BCUT2D eigenvalue weighted by atomic mass is 10.0. The van der Waals surface area contributed by atoms with Gasteiger partial charge in [0.05, 0.1) is 27.7 Å². The summed E-state index contributed by atoms with van der Waals surface area (Å²) in [6.07, 6.45) is -1.32. The number of carboxylic acid groups (broad SMARTS) is 1. The Labute approximate surface area is 163 Å². The van der Waals surface area contributed by atoms with Crippen molar-refractivity contribution in [3.63, 3.8) is 0 Å². The first-order valence-corrected chi connectivity index (χ1v) is 8.74. The SMILES string of the molecule is CC(C)C(NC(=O)O)c1nc2cccc(Cl)c2c(=O)n1-c1cc(F)cc(F)c1. The maximum Gasteiger partial charge on any atom is 0.405 e. The highest BCUT2D eigenvalue weighted by Crippen LogP contribution is 2.26. The molecule has 1 unspecified atom stereocenters. The zero-order chi connectivity index (χ0) is 20.6. The molecule has 1 heterocycles. The number of hydrogen-bond donors (Lipinski definition) is 2. The zero-order valence-corrected chi connectivity index (χ0v) is 15.7. The van der Waals surface area contributed by atoms with E-state index in [2.05, 4.69) is 10.3 Å². The Hall–Kier alpha value is -3.00. The van der Waals surface area contributed by atoms with Crippen molar-refractivity contribution in [2.45, 2.75) is 19.9 Å². The van der Waals surface area contributed by atoms with Gasteiger partial charge in [-0.1, -0.05) is 31.5 Å². The maximum atomic E-state index is 13.8. The third-order valence-corrected chi connectivity index (χ3v) is 4.52. The molecular weight excluding hydrogens is 392 g/mol. The lowest BCUT2D eigenvalue weighted by Crippen LogP contribution is -2.36. The number of hydrogen-bond acceptors (Lipinski definition) is 3. The molecule has 0 aliphatic heterocycles. The molecule has 0 spiro atoms. The maximum absolute atomic E-state index is 13.8. The lowest BCUT2D eigenvalue weighted by Gasteiger charge is -2.24. The van der Waals surface area contributed by atoms with Crippen LogP contribution in [0.3, 0.4) is 0 Å². The summed E-state index contributed by atoms with van der Waals surface area (Å²) >= 11 is 6.15. The van der Waals surface area contributed by atoms with Gasteiger partial charge in [0.2, 0.25) is 0 Å². The normalized spacial score (nSPS) is 12.4. The zero-order valence-electron chi connectivity index (χ0n) is 14.9. The van der Waals surface area contributed by atoms with Crippen molar-refractivity contribution in [1.82, 2.24) is 14.9 Å². The molecule has 0 saturated carbocycles. The number of carbonyl (C=O) groups is 1. The Bertz CT molecular complexity index is 1110. The van der Waals surface area contributed by atoms with Crippen LogP contribution in [0.5, 0.6) is 0 Å². The first kappa shape index (κ1) is 19.8. The van der Waals surface area contributed by atoms with Crippen LogP contribution in [-0.4, -0.2) is 20.8 Å². The minimum absolute atomic E-state index is 0.00201. The van der Waals surface area contributed by atoms with E-state index in [0.717, 1.165) is 16.7 Å². The van der Waals surface area contributed by atoms with E-state index in [9.17, 15) is 23.5 Å². The van der Waals surface area contributed by atoms with Gasteiger partial charge in [0.25, 0.3) is 5.56 Å². The van der Waals surface area contributed by atoms with E-state index in [4.69, 9.17) is 11.6 Å². The summed E-state index contributed by atoms with van der Waals surface area (Å²) in [6.45, 7) is 3.46. The number of rotatable bonds is 4. The van der Waals surface area contributed by atoms with E-state index < -0.39 is 29.3 Å². The molecule has 0 aliphatic carbocycles. The monoisotopic (exact) mass is 407 g/mol. The molecule has 0 bridgehead atoms. The predicted molar refractivity (Wildman–Crippen MR) is 101 cm³/mol. The third-order valence-electron chi connectivity index (χ3n) is 4.20. The molecule has 1 aromatic heterocycles. The van der Waals surface area contributed by atoms with Crippen LogP contribution in [0.1, 0.15) is 25.7 Å². The fourth-order valence-corrected chi connectivity index (χ4v) is 3.25. The number of nitrogens with one attached hydrogen (secondary N) is 1. The molecule has 0 radical (unpaired) electrons. The second-order valence-corrected chi connectivity index (χ2v) is 6.95. The van der Waals surface area contributed by atoms with Crippen molar-refractivity contribution in [2.75, 3.05) is 0 Å². The molecule has 6 nitrogen and oxygen atoms in total. The van der Waals surface area contributed by atoms with Gasteiger partial charge in [0.15, 0.2) is 0 Å². The summed E-state index contributed by atoms with van der Waals surface area (Å²) in [4.78, 5) is 28.9. The van der Waals surface area contributed by atoms with Gasteiger partial charge in [-0.05, 0) is 30.2 Å². The minimum atomic E-state index is -1.32. The third kappa shape index (κ3) is 3.68. The summed E-state index contributed by atoms with van der Waals surface area (Å²) in [5.74, 6) is -2.09. The van der Waals surface area contributed by atoms with Crippen LogP contribution in [0.4, 0.5) is 13.6 Å². The van der Waals surface area contributed by atoms with Crippen LogP contribution >= 0.6 is 11.6 Å². The second-order valence-electron chi connectivity index (χ2n) is 6.54. The average molecular weight is 408 g/mol. The van der Waals surface area contributed by atoms with Gasteiger partial charge in [-0.15, -0.1) is 0 Å². The lowest BCUT2D eigenvalue weighted by molar-refractivity contribution is 0.184. The minimum Gasteiger partial charge on any atom is -0.465 e. The molecule has 1 amide bonds. The van der Waals surface area contributed by atoms with E-state index in [0.29, 0.717) is 6.07 Å². The molecule has 9 heteroatoms. The number of halogens is 3. The predicted octanol–water partition coefficient (Wildman–Crippen LogP) is 4.28. The molecular formula is C19H16ClF2N3O3. The Morgan fingerprint density at radius 3 is 2.43 bits per heavy atom. The number of nitrogens with zero attached hydrogens (tertiary/aromatic N) is 2. The van der Waals surface area contributed by atoms with Gasteiger partial charge in [0, 0.05) is 6.07 Å². The van der Waals surface area contributed by atoms with Crippen LogP contribution in [-0.2, 0) is 0 Å². The van der Waals surface area contributed by atoms with Crippen molar-refractivity contribution in [1.29, 1.82) is 0 Å². The topological polar surface area (TPSA) is 84.2 Å². The molecule has 3 rings (SSSR count). The molecule has 0 aliphatic rings. The van der Waals surface area contributed by atoms with Gasteiger partial charge in [-0.2, -0.15) is 0 Å². The highest BCUT2D eigenvalue weighted by Gasteiger charge is 2.26. The Kier molecular flexibility index (Phi) is 5.33. The Morgan fingerprint density at radius 1 is 1.21 bits per heavy atom.